The van der Waals surface area contributed by atoms with Crippen LogP contribution in [0.4, 0.5) is 0 Å². The van der Waals surface area contributed by atoms with E-state index in [1.165, 1.54) is 6.42 Å². The predicted molar refractivity (Wildman–Crippen MR) is 57.0 cm³/mol. The minimum Gasteiger partial charge on any atom is -0.344 e. The molecule has 3 N–H and O–H groups in total. The second kappa shape index (κ2) is 4.75. The van der Waals surface area contributed by atoms with Crippen LogP contribution < -0.4 is 11.1 Å². The number of rotatable bonds is 5. The standard InChI is InChI=1S/C10H21N3O/c1-12-6-7-13(2)9(14)8-10(11)4-3-5-10/h12H,3-8,11H2,1-2H3. The quantitative estimate of drug-likeness (QED) is 0.652. The molecule has 0 saturated heterocycles. The third-order valence-electron chi connectivity index (χ3n) is 2.98. The molecule has 1 saturated carbocycles. The molecule has 0 bridgehead atoms. The fraction of sp³-hybridized carbons (Fsp3) is 0.900. The Morgan fingerprint density at radius 2 is 2.21 bits per heavy atom. The lowest BCUT2D eigenvalue weighted by molar-refractivity contribution is -0.131. The number of carbonyl (C=O) groups excluding carboxylic acids is 1. The highest BCUT2D eigenvalue weighted by Crippen LogP contribution is 2.32. The van der Waals surface area contributed by atoms with Crippen LogP contribution in [0.3, 0.4) is 0 Å². The summed E-state index contributed by atoms with van der Waals surface area (Å²) in [6.07, 6.45) is 3.68. The van der Waals surface area contributed by atoms with Crippen molar-refractivity contribution in [3.63, 3.8) is 0 Å². The SMILES string of the molecule is CNCCN(C)C(=O)CC1(N)CCC1. The first kappa shape index (κ1) is 11.5. The highest BCUT2D eigenvalue weighted by molar-refractivity contribution is 5.77. The molecule has 0 aromatic carbocycles. The summed E-state index contributed by atoms with van der Waals surface area (Å²) in [5, 5.41) is 3.02. The number of likely N-dealkylation sites (N-methyl/N-ethyl adjacent to an activating group) is 2. The first-order valence-electron chi connectivity index (χ1n) is 5.25. The number of nitrogens with one attached hydrogen (secondary N) is 1. The minimum atomic E-state index is -0.189. The van der Waals surface area contributed by atoms with Gasteiger partial charge in [0.1, 0.15) is 0 Å². The largest absolute Gasteiger partial charge is 0.344 e. The zero-order chi connectivity index (χ0) is 10.6. The molecule has 1 aliphatic carbocycles. The van der Waals surface area contributed by atoms with Gasteiger partial charge in [0.2, 0.25) is 5.91 Å². The number of nitrogens with zero attached hydrogens (tertiary/aromatic N) is 1. The van der Waals surface area contributed by atoms with Gasteiger partial charge in [-0.15, -0.1) is 0 Å². The van der Waals surface area contributed by atoms with Crippen molar-refractivity contribution in [3.05, 3.63) is 0 Å². The van der Waals surface area contributed by atoms with Crippen molar-refractivity contribution in [2.24, 2.45) is 5.73 Å². The molecule has 14 heavy (non-hydrogen) atoms. The van der Waals surface area contributed by atoms with Crippen LogP contribution in [0.1, 0.15) is 25.7 Å². The van der Waals surface area contributed by atoms with Crippen LogP contribution in [-0.2, 0) is 4.79 Å². The summed E-state index contributed by atoms with van der Waals surface area (Å²) in [6.45, 7) is 1.59. The van der Waals surface area contributed by atoms with Crippen LogP contribution >= 0.6 is 0 Å². The first-order chi connectivity index (χ1) is 6.57. The Labute approximate surface area is 85.8 Å². The fourth-order valence-electron chi connectivity index (χ4n) is 1.65. The Morgan fingerprint density at radius 3 is 2.64 bits per heavy atom. The summed E-state index contributed by atoms with van der Waals surface area (Å²) in [7, 11) is 3.72. The van der Waals surface area contributed by atoms with Crippen molar-refractivity contribution in [2.45, 2.75) is 31.2 Å². The molecule has 0 unspecified atom stereocenters. The lowest BCUT2D eigenvalue weighted by atomic mass is 9.75. The molecule has 0 aromatic rings. The van der Waals surface area contributed by atoms with Crippen LogP contribution in [0, 0.1) is 0 Å². The lowest BCUT2D eigenvalue weighted by Gasteiger charge is -2.38. The van der Waals surface area contributed by atoms with Gasteiger partial charge in [-0.05, 0) is 26.3 Å². The first-order valence-corrected chi connectivity index (χ1v) is 5.25. The molecule has 0 radical (unpaired) electrons. The van der Waals surface area contributed by atoms with Gasteiger partial charge < -0.3 is 16.0 Å². The Balaban J connectivity index is 2.26. The van der Waals surface area contributed by atoms with Gasteiger partial charge in [-0.25, -0.2) is 0 Å². The van der Waals surface area contributed by atoms with Gasteiger partial charge in [0.05, 0.1) is 0 Å². The molecular formula is C10H21N3O. The Kier molecular flexibility index (Phi) is 3.89. The predicted octanol–water partition coefficient (Wildman–Crippen LogP) is -0.0643. The van der Waals surface area contributed by atoms with Crippen LogP contribution in [-0.4, -0.2) is 43.5 Å². The highest BCUT2D eigenvalue weighted by atomic mass is 16.2. The molecule has 4 nitrogen and oxygen atoms in total. The van der Waals surface area contributed by atoms with E-state index in [2.05, 4.69) is 5.32 Å². The van der Waals surface area contributed by atoms with Crippen molar-refractivity contribution < 1.29 is 4.79 Å². The van der Waals surface area contributed by atoms with E-state index >= 15 is 0 Å². The smallest absolute Gasteiger partial charge is 0.224 e. The Morgan fingerprint density at radius 1 is 1.57 bits per heavy atom. The van der Waals surface area contributed by atoms with Gasteiger partial charge in [-0.1, -0.05) is 0 Å². The van der Waals surface area contributed by atoms with Crippen molar-refractivity contribution in [3.8, 4) is 0 Å². The van der Waals surface area contributed by atoms with E-state index in [9.17, 15) is 4.79 Å². The summed E-state index contributed by atoms with van der Waals surface area (Å²) in [5.74, 6) is 0.169. The third-order valence-corrected chi connectivity index (χ3v) is 2.98. The monoisotopic (exact) mass is 199 g/mol. The second-order valence-corrected chi connectivity index (χ2v) is 4.31. The van der Waals surface area contributed by atoms with Gasteiger partial charge in [-0.3, -0.25) is 4.79 Å². The van der Waals surface area contributed by atoms with Crippen molar-refractivity contribution >= 4 is 5.91 Å². The van der Waals surface area contributed by atoms with E-state index in [0.717, 1.165) is 25.9 Å². The maximum absolute atomic E-state index is 11.7. The van der Waals surface area contributed by atoms with Crippen LogP contribution in [0.2, 0.25) is 0 Å². The molecular weight excluding hydrogens is 178 g/mol. The van der Waals surface area contributed by atoms with E-state index in [1.807, 2.05) is 14.1 Å². The maximum atomic E-state index is 11.7. The van der Waals surface area contributed by atoms with Gasteiger partial charge in [0.15, 0.2) is 0 Å². The summed E-state index contributed by atoms with van der Waals surface area (Å²) >= 11 is 0. The minimum absolute atomic E-state index is 0.169. The molecule has 1 fully saturated rings. The number of carbonyl (C=O) groups is 1. The molecule has 1 amide bonds. The normalized spacial score (nSPS) is 18.8. The number of amides is 1. The van der Waals surface area contributed by atoms with E-state index in [0.29, 0.717) is 6.42 Å². The van der Waals surface area contributed by atoms with Gasteiger partial charge in [0.25, 0.3) is 0 Å². The van der Waals surface area contributed by atoms with Gasteiger partial charge in [-0.2, -0.15) is 0 Å². The fourth-order valence-corrected chi connectivity index (χ4v) is 1.65. The molecule has 0 spiro atoms. The van der Waals surface area contributed by atoms with Gasteiger partial charge in [0, 0.05) is 32.1 Å². The van der Waals surface area contributed by atoms with Crippen LogP contribution in [0.5, 0.6) is 0 Å². The summed E-state index contributed by atoms with van der Waals surface area (Å²) in [6, 6.07) is 0. The molecule has 1 aliphatic rings. The Hall–Kier alpha value is -0.610. The van der Waals surface area contributed by atoms with E-state index in [-0.39, 0.29) is 11.4 Å². The topological polar surface area (TPSA) is 58.4 Å². The zero-order valence-corrected chi connectivity index (χ0v) is 9.18. The molecule has 0 aliphatic heterocycles. The molecule has 0 atom stereocenters. The molecule has 0 heterocycles. The van der Waals surface area contributed by atoms with E-state index in [1.54, 1.807) is 4.90 Å². The average molecular weight is 199 g/mol. The summed E-state index contributed by atoms with van der Waals surface area (Å²) < 4.78 is 0. The van der Waals surface area contributed by atoms with Crippen LogP contribution in [0.15, 0.2) is 0 Å². The molecule has 0 aromatic heterocycles. The van der Waals surface area contributed by atoms with E-state index < -0.39 is 0 Å². The zero-order valence-electron chi connectivity index (χ0n) is 9.18. The van der Waals surface area contributed by atoms with Crippen molar-refractivity contribution in [1.82, 2.24) is 10.2 Å². The summed E-state index contributed by atoms with van der Waals surface area (Å²) in [5.41, 5.74) is 5.82. The van der Waals surface area contributed by atoms with Gasteiger partial charge >= 0.3 is 0 Å². The molecule has 4 heteroatoms. The van der Waals surface area contributed by atoms with Crippen LogP contribution in [0.25, 0.3) is 0 Å². The third kappa shape index (κ3) is 2.96. The molecule has 1 rings (SSSR count). The molecule has 82 valence electrons. The number of nitrogens with two attached hydrogens (primary N) is 1. The second-order valence-electron chi connectivity index (χ2n) is 4.31. The van der Waals surface area contributed by atoms with E-state index in [4.69, 9.17) is 5.73 Å². The number of hydrogen-bond donors (Lipinski definition) is 2. The highest BCUT2D eigenvalue weighted by Gasteiger charge is 2.35. The summed E-state index contributed by atoms with van der Waals surface area (Å²) in [4.78, 5) is 13.4. The lowest BCUT2D eigenvalue weighted by Crippen LogP contribution is -2.50. The maximum Gasteiger partial charge on any atom is 0.224 e. The van der Waals surface area contributed by atoms with Crippen molar-refractivity contribution in [2.75, 3.05) is 27.2 Å². The average Bonchev–Trinajstić information content (AvgIpc) is 2.11. The number of hydrogen-bond acceptors (Lipinski definition) is 3. The Bertz CT molecular complexity index is 202. The van der Waals surface area contributed by atoms with Crippen molar-refractivity contribution in [1.29, 1.82) is 0 Å².